The minimum absolute atomic E-state index is 0.256. The molecule has 7 heteroatoms. The van der Waals surface area contributed by atoms with E-state index in [4.69, 9.17) is 23.7 Å². The molecule has 1 aliphatic heterocycles. The Morgan fingerprint density at radius 3 is 2.09 bits per heavy atom. The van der Waals surface area contributed by atoms with E-state index in [2.05, 4.69) is 0 Å². The van der Waals surface area contributed by atoms with Crippen LogP contribution in [-0.2, 0) is 14.3 Å². The Morgan fingerprint density at radius 1 is 1.05 bits per heavy atom. The van der Waals surface area contributed by atoms with Gasteiger partial charge in [-0.15, -0.1) is 0 Å². The summed E-state index contributed by atoms with van der Waals surface area (Å²) in [6.45, 7) is 0. The second-order valence-electron chi connectivity index (χ2n) is 4.51. The van der Waals surface area contributed by atoms with Gasteiger partial charge in [0.05, 0.1) is 34.5 Å². The van der Waals surface area contributed by atoms with Crippen molar-refractivity contribution in [3.8, 4) is 17.2 Å². The quantitative estimate of drug-likeness (QED) is 0.790. The summed E-state index contributed by atoms with van der Waals surface area (Å²) in [5, 5.41) is 10.5. The summed E-state index contributed by atoms with van der Waals surface area (Å²) in [7, 11) is 5.84. The van der Waals surface area contributed by atoms with Gasteiger partial charge in [-0.1, -0.05) is 0 Å². The van der Waals surface area contributed by atoms with Crippen molar-refractivity contribution < 1.29 is 33.6 Å². The molecule has 0 saturated carbocycles. The Morgan fingerprint density at radius 2 is 1.64 bits per heavy atom. The minimum Gasteiger partial charge on any atom is -0.497 e. The molecule has 0 spiro atoms. The Balaban J connectivity index is 2.40. The van der Waals surface area contributed by atoms with Crippen LogP contribution in [0, 0.1) is 0 Å². The number of rotatable bonds is 6. The molecule has 0 aliphatic carbocycles. The molecule has 1 aromatic carbocycles. The summed E-state index contributed by atoms with van der Waals surface area (Å²) in [5.74, 6) is 0.887. The molecule has 1 aromatic rings. The van der Waals surface area contributed by atoms with Crippen LogP contribution < -0.4 is 14.2 Å². The first-order chi connectivity index (χ1) is 10.5. The zero-order valence-corrected chi connectivity index (χ0v) is 12.8. The lowest BCUT2D eigenvalue weighted by molar-refractivity contribution is -0.144. The number of esters is 1. The van der Waals surface area contributed by atoms with Crippen LogP contribution in [0.25, 0.3) is 0 Å². The van der Waals surface area contributed by atoms with Crippen LogP contribution in [0.5, 0.6) is 17.2 Å². The number of hydrogen-bond acceptors (Lipinski definition) is 7. The topological polar surface area (TPSA) is 83.5 Å². The van der Waals surface area contributed by atoms with E-state index in [0.29, 0.717) is 22.8 Å². The zero-order chi connectivity index (χ0) is 16.3. The monoisotopic (exact) mass is 310 g/mol. The average Bonchev–Trinajstić information content (AvgIpc) is 2.93. The molecule has 7 nitrogen and oxygen atoms in total. The van der Waals surface area contributed by atoms with E-state index in [1.54, 1.807) is 12.1 Å². The maximum Gasteiger partial charge on any atom is 0.335 e. The van der Waals surface area contributed by atoms with Gasteiger partial charge in [0, 0.05) is 0 Å². The van der Waals surface area contributed by atoms with Gasteiger partial charge in [0.2, 0.25) is 5.75 Å². The number of benzene rings is 1. The summed E-state index contributed by atoms with van der Waals surface area (Å²) in [5.41, 5.74) is 0.442. The summed E-state index contributed by atoms with van der Waals surface area (Å²) in [6, 6.07) is 3.18. The number of methoxy groups -OCH3 is 4. The third kappa shape index (κ3) is 2.80. The summed E-state index contributed by atoms with van der Waals surface area (Å²) < 4.78 is 25.8. The lowest BCUT2D eigenvalue weighted by Crippen LogP contribution is -2.22. The number of cyclic esters (lactones) is 1. The molecule has 0 saturated heterocycles. The number of aliphatic hydroxyl groups excluding tert-OH is 1. The smallest absolute Gasteiger partial charge is 0.335 e. The van der Waals surface area contributed by atoms with Gasteiger partial charge < -0.3 is 28.8 Å². The Hall–Kier alpha value is -2.41. The van der Waals surface area contributed by atoms with E-state index in [9.17, 15) is 9.90 Å². The van der Waals surface area contributed by atoms with Crippen molar-refractivity contribution in [2.45, 2.75) is 12.2 Å². The number of carbonyl (C=O) groups is 1. The molecule has 0 aromatic heterocycles. The highest BCUT2D eigenvalue weighted by Gasteiger charge is 2.35. The molecule has 1 aliphatic rings. The first-order valence-corrected chi connectivity index (χ1v) is 6.49. The third-order valence-electron chi connectivity index (χ3n) is 3.33. The molecule has 0 bridgehead atoms. The summed E-state index contributed by atoms with van der Waals surface area (Å²) in [4.78, 5) is 11.3. The maximum absolute atomic E-state index is 11.3. The highest BCUT2D eigenvalue weighted by atomic mass is 16.6. The van der Waals surface area contributed by atoms with E-state index >= 15 is 0 Å². The van der Waals surface area contributed by atoms with Crippen molar-refractivity contribution in [3.63, 3.8) is 0 Å². The lowest BCUT2D eigenvalue weighted by Gasteiger charge is -2.22. The van der Waals surface area contributed by atoms with Gasteiger partial charge in [-0.3, -0.25) is 0 Å². The molecular formula is C15H18O7. The number of carbonyl (C=O) groups excluding carboxylic acids is 1. The summed E-state index contributed by atoms with van der Waals surface area (Å²) in [6.07, 6.45) is -0.849. The highest BCUT2D eigenvalue weighted by molar-refractivity contribution is 5.85. The fourth-order valence-electron chi connectivity index (χ4n) is 2.26. The molecule has 0 fully saturated rings. The second-order valence-corrected chi connectivity index (χ2v) is 4.51. The lowest BCUT2D eigenvalue weighted by atomic mass is 10.0. The van der Waals surface area contributed by atoms with Gasteiger partial charge in [-0.25, -0.2) is 4.79 Å². The normalized spacial score (nSPS) is 18.3. The van der Waals surface area contributed by atoms with Crippen molar-refractivity contribution in [2.75, 3.05) is 28.4 Å². The molecule has 0 amide bonds. The van der Waals surface area contributed by atoms with Crippen LogP contribution in [-0.4, -0.2) is 45.6 Å². The molecule has 2 atom stereocenters. The molecule has 2 unspecified atom stereocenters. The number of hydrogen-bond donors (Lipinski definition) is 1. The standard InChI is InChI=1S/C15H18O7/c1-18-9-5-8(6-10(19-2)14(9)21-4)13(17)15-11(20-3)7-12(16)22-15/h5-7,13,15,17H,1-4H3. The predicted molar refractivity (Wildman–Crippen MR) is 76.0 cm³/mol. The number of ether oxygens (including phenoxy) is 5. The maximum atomic E-state index is 11.3. The number of aliphatic hydroxyl groups is 1. The molecule has 120 valence electrons. The van der Waals surface area contributed by atoms with Gasteiger partial charge in [-0.05, 0) is 17.7 Å². The molecule has 22 heavy (non-hydrogen) atoms. The fraction of sp³-hybridized carbons (Fsp3) is 0.400. The molecule has 1 N–H and O–H groups in total. The van der Waals surface area contributed by atoms with Crippen molar-refractivity contribution >= 4 is 5.97 Å². The molecule has 0 radical (unpaired) electrons. The first kappa shape index (κ1) is 16.0. The van der Waals surface area contributed by atoms with Gasteiger partial charge in [-0.2, -0.15) is 0 Å². The van der Waals surface area contributed by atoms with Gasteiger partial charge in [0.1, 0.15) is 11.9 Å². The van der Waals surface area contributed by atoms with Crippen LogP contribution in [0.4, 0.5) is 0 Å². The van der Waals surface area contributed by atoms with Gasteiger partial charge in [0.25, 0.3) is 0 Å². The molecular weight excluding hydrogens is 292 g/mol. The van der Waals surface area contributed by atoms with Gasteiger partial charge in [0.15, 0.2) is 17.6 Å². The van der Waals surface area contributed by atoms with E-state index < -0.39 is 18.2 Å². The largest absolute Gasteiger partial charge is 0.497 e. The fourth-order valence-corrected chi connectivity index (χ4v) is 2.26. The zero-order valence-electron chi connectivity index (χ0n) is 12.8. The first-order valence-electron chi connectivity index (χ1n) is 6.49. The van der Waals surface area contributed by atoms with Crippen molar-refractivity contribution in [2.24, 2.45) is 0 Å². The van der Waals surface area contributed by atoms with E-state index in [1.807, 2.05) is 0 Å². The molecule has 1 heterocycles. The molecule has 2 rings (SSSR count). The van der Waals surface area contributed by atoms with Crippen LogP contribution in [0.3, 0.4) is 0 Å². The summed E-state index contributed by atoms with van der Waals surface area (Å²) >= 11 is 0. The van der Waals surface area contributed by atoms with Gasteiger partial charge >= 0.3 is 5.97 Å². The van der Waals surface area contributed by atoms with E-state index in [0.717, 1.165) is 0 Å². The average molecular weight is 310 g/mol. The van der Waals surface area contributed by atoms with Crippen LogP contribution in [0.15, 0.2) is 24.0 Å². The van der Waals surface area contributed by atoms with Crippen molar-refractivity contribution in [1.82, 2.24) is 0 Å². The Labute approximate surface area is 128 Å². The van der Waals surface area contributed by atoms with Crippen LogP contribution in [0.2, 0.25) is 0 Å². The van der Waals surface area contributed by atoms with Crippen molar-refractivity contribution in [3.05, 3.63) is 29.5 Å². The third-order valence-corrected chi connectivity index (χ3v) is 3.33. The van der Waals surface area contributed by atoms with Crippen LogP contribution >= 0.6 is 0 Å². The Kier molecular flexibility index (Phi) is 4.77. The highest BCUT2D eigenvalue weighted by Crippen LogP contribution is 2.41. The minimum atomic E-state index is -1.13. The predicted octanol–water partition coefficient (Wildman–Crippen LogP) is 1.20. The van der Waals surface area contributed by atoms with E-state index in [1.165, 1.54) is 34.5 Å². The second kappa shape index (κ2) is 6.57. The Bertz CT molecular complexity index is 569. The van der Waals surface area contributed by atoms with Crippen molar-refractivity contribution in [1.29, 1.82) is 0 Å². The van der Waals surface area contributed by atoms with E-state index in [-0.39, 0.29) is 5.76 Å². The SMILES string of the molecule is COC1=CC(=O)OC1C(O)c1cc(OC)c(OC)c(OC)c1. The van der Waals surface area contributed by atoms with Crippen LogP contribution in [0.1, 0.15) is 11.7 Å².